The van der Waals surface area contributed by atoms with E-state index in [1.54, 1.807) is 12.1 Å². The summed E-state index contributed by atoms with van der Waals surface area (Å²) in [5, 5.41) is 6.04. The number of imide groups is 1. The van der Waals surface area contributed by atoms with Crippen molar-refractivity contribution in [3.8, 4) is 0 Å². The van der Waals surface area contributed by atoms with Crippen LogP contribution in [0.5, 0.6) is 0 Å². The number of halogens is 1. The van der Waals surface area contributed by atoms with Crippen LogP contribution >= 0.6 is 11.6 Å². The molecule has 6 nitrogen and oxygen atoms in total. The normalized spacial score (nSPS) is 32.4. The van der Waals surface area contributed by atoms with Crippen molar-refractivity contribution >= 4 is 29.5 Å². The SMILES string of the molecule is O=C(COC(=O)C1(c2ccc(Cl)cc2)CC1)NC(=O)NC12CC3CC(CC(C3)C1)C2. The van der Waals surface area contributed by atoms with E-state index in [2.05, 4.69) is 10.6 Å². The molecular weight excluding hydrogens is 404 g/mol. The molecule has 7 heteroatoms. The maximum atomic E-state index is 12.6. The fraction of sp³-hybridized carbons (Fsp3) is 0.609. The highest BCUT2D eigenvalue weighted by atomic mass is 35.5. The van der Waals surface area contributed by atoms with Crippen molar-refractivity contribution in [2.75, 3.05) is 6.61 Å². The maximum Gasteiger partial charge on any atom is 0.321 e. The molecule has 2 N–H and O–H groups in total. The average molecular weight is 431 g/mol. The Balaban J connectivity index is 1.12. The molecule has 5 aliphatic rings. The molecule has 30 heavy (non-hydrogen) atoms. The van der Waals surface area contributed by atoms with E-state index in [1.165, 1.54) is 19.3 Å². The zero-order valence-electron chi connectivity index (χ0n) is 16.9. The van der Waals surface area contributed by atoms with Crippen LogP contribution in [-0.2, 0) is 19.7 Å². The van der Waals surface area contributed by atoms with Gasteiger partial charge in [-0.2, -0.15) is 0 Å². The molecule has 0 aromatic heterocycles. The maximum absolute atomic E-state index is 12.6. The van der Waals surface area contributed by atoms with Crippen LogP contribution in [0.4, 0.5) is 4.79 Å². The minimum Gasteiger partial charge on any atom is -0.455 e. The van der Waals surface area contributed by atoms with E-state index >= 15 is 0 Å². The lowest BCUT2D eigenvalue weighted by Crippen LogP contribution is -2.62. The number of amides is 3. The third-order valence-electron chi connectivity index (χ3n) is 7.54. The highest BCUT2D eigenvalue weighted by molar-refractivity contribution is 6.30. The summed E-state index contributed by atoms with van der Waals surface area (Å²) in [6.45, 7) is -0.456. The highest BCUT2D eigenvalue weighted by Gasteiger charge is 2.53. The lowest BCUT2D eigenvalue weighted by atomic mass is 9.53. The van der Waals surface area contributed by atoms with Crippen LogP contribution in [0.2, 0.25) is 5.02 Å². The van der Waals surface area contributed by atoms with Crippen molar-refractivity contribution in [3.05, 3.63) is 34.9 Å². The van der Waals surface area contributed by atoms with Gasteiger partial charge in [-0.15, -0.1) is 0 Å². The Morgan fingerprint density at radius 2 is 1.53 bits per heavy atom. The summed E-state index contributed by atoms with van der Waals surface area (Å²) in [4.78, 5) is 37.2. The molecule has 0 heterocycles. The molecule has 0 saturated heterocycles. The van der Waals surface area contributed by atoms with E-state index in [0.717, 1.165) is 24.8 Å². The fourth-order valence-electron chi connectivity index (χ4n) is 6.47. The number of carbonyl (C=O) groups excluding carboxylic acids is 3. The standard InChI is InChI=1S/C23H27ClN2O4/c24-18-3-1-17(2-4-18)23(5-6-23)20(28)30-13-19(27)25-21(29)26-22-10-14-7-15(11-22)9-16(8-14)12-22/h1-4,14-16H,5-13H2,(H2,25,26,27,29). The van der Waals surface area contributed by atoms with Gasteiger partial charge in [0.1, 0.15) is 0 Å². The number of carbonyl (C=O) groups is 3. The van der Waals surface area contributed by atoms with Gasteiger partial charge in [0, 0.05) is 10.6 Å². The Morgan fingerprint density at radius 3 is 2.07 bits per heavy atom. The zero-order valence-corrected chi connectivity index (χ0v) is 17.7. The van der Waals surface area contributed by atoms with Gasteiger partial charge < -0.3 is 10.1 Å². The quantitative estimate of drug-likeness (QED) is 0.697. The Hall–Kier alpha value is -2.08. The van der Waals surface area contributed by atoms with Gasteiger partial charge in [0.25, 0.3) is 5.91 Å². The van der Waals surface area contributed by atoms with E-state index < -0.39 is 29.9 Å². The number of esters is 1. The van der Waals surface area contributed by atoms with E-state index in [4.69, 9.17) is 16.3 Å². The van der Waals surface area contributed by atoms with Gasteiger partial charge in [-0.3, -0.25) is 14.9 Å². The van der Waals surface area contributed by atoms with Crippen molar-refractivity contribution in [3.63, 3.8) is 0 Å². The molecule has 1 aromatic rings. The minimum atomic E-state index is -0.688. The lowest BCUT2D eigenvalue weighted by Gasteiger charge is -2.56. The van der Waals surface area contributed by atoms with Crippen LogP contribution in [0.25, 0.3) is 0 Å². The van der Waals surface area contributed by atoms with Crippen molar-refractivity contribution in [2.45, 2.75) is 62.3 Å². The molecule has 6 rings (SSSR count). The first-order valence-corrected chi connectivity index (χ1v) is 11.3. The highest BCUT2D eigenvalue weighted by Crippen LogP contribution is 2.55. The van der Waals surface area contributed by atoms with Gasteiger partial charge in [0.05, 0.1) is 5.41 Å². The largest absolute Gasteiger partial charge is 0.455 e. The molecule has 160 valence electrons. The fourth-order valence-corrected chi connectivity index (χ4v) is 6.60. The first kappa shape index (κ1) is 19.9. The van der Waals surface area contributed by atoms with Crippen LogP contribution in [0.3, 0.4) is 0 Å². The number of urea groups is 1. The third-order valence-corrected chi connectivity index (χ3v) is 7.79. The molecule has 3 amide bonds. The zero-order chi connectivity index (χ0) is 20.9. The van der Waals surface area contributed by atoms with E-state index in [1.807, 2.05) is 12.1 Å². The van der Waals surface area contributed by atoms with Gasteiger partial charge in [-0.05, 0) is 86.8 Å². The molecule has 0 radical (unpaired) electrons. The summed E-state index contributed by atoms with van der Waals surface area (Å²) in [5.41, 5.74) is -0.00809. The molecule has 0 spiro atoms. The number of rotatable bonds is 5. The summed E-state index contributed by atoms with van der Waals surface area (Å²) in [7, 11) is 0. The van der Waals surface area contributed by atoms with Crippen LogP contribution < -0.4 is 10.6 Å². The summed E-state index contributed by atoms with van der Waals surface area (Å²) < 4.78 is 5.25. The minimum absolute atomic E-state index is 0.164. The molecule has 5 saturated carbocycles. The molecule has 0 unspecified atom stereocenters. The molecule has 0 aliphatic heterocycles. The second kappa shape index (κ2) is 7.26. The predicted octanol–water partition coefficient (Wildman–Crippen LogP) is 3.71. The van der Waals surface area contributed by atoms with E-state index in [9.17, 15) is 14.4 Å². The average Bonchev–Trinajstić information content (AvgIpc) is 3.47. The van der Waals surface area contributed by atoms with Crippen LogP contribution in [0.1, 0.15) is 56.9 Å². The second-order valence-electron chi connectivity index (χ2n) is 9.87. The first-order valence-electron chi connectivity index (χ1n) is 10.9. The number of ether oxygens (including phenoxy) is 1. The van der Waals surface area contributed by atoms with Gasteiger partial charge in [0.2, 0.25) is 0 Å². The third kappa shape index (κ3) is 3.70. The van der Waals surface area contributed by atoms with Gasteiger partial charge >= 0.3 is 12.0 Å². The molecule has 5 fully saturated rings. The van der Waals surface area contributed by atoms with Gasteiger partial charge in [0.15, 0.2) is 6.61 Å². The predicted molar refractivity (Wildman–Crippen MR) is 111 cm³/mol. The number of nitrogens with one attached hydrogen (secondary N) is 2. The van der Waals surface area contributed by atoms with Gasteiger partial charge in [-0.1, -0.05) is 23.7 Å². The summed E-state index contributed by atoms with van der Waals surface area (Å²) in [5.74, 6) is 1.08. The van der Waals surface area contributed by atoms with Crippen LogP contribution in [0, 0.1) is 17.8 Å². The summed E-state index contributed by atoms with van der Waals surface area (Å²) >= 11 is 5.92. The van der Waals surface area contributed by atoms with E-state index in [0.29, 0.717) is 35.6 Å². The molecule has 0 atom stereocenters. The number of hydrogen-bond donors (Lipinski definition) is 2. The van der Waals surface area contributed by atoms with E-state index in [-0.39, 0.29) is 5.54 Å². The van der Waals surface area contributed by atoms with Gasteiger partial charge in [-0.25, -0.2) is 4.79 Å². The van der Waals surface area contributed by atoms with Crippen LogP contribution in [0.15, 0.2) is 24.3 Å². The van der Waals surface area contributed by atoms with Crippen LogP contribution in [-0.4, -0.2) is 30.1 Å². The molecule has 5 aliphatic carbocycles. The molecule has 4 bridgehead atoms. The van der Waals surface area contributed by atoms with Crippen molar-refractivity contribution in [1.82, 2.24) is 10.6 Å². The number of benzene rings is 1. The second-order valence-corrected chi connectivity index (χ2v) is 10.3. The number of hydrogen-bond acceptors (Lipinski definition) is 4. The summed E-state index contributed by atoms with van der Waals surface area (Å²) in [6, 6.07) is 6.64. The monoisotopic (exact) mass is 430 g/mol. The Morgan fingerprint density at radius 1 is 0.967 bits per heavy atom. The molecular formula is C23H27ClN2O4. The van der Waals surface area contributed by atoms with Crippen molar-refractivity contribution in [2.24, 2.45) is 17.8 Å². The Bertz CT molecular complexity index is 842. The first-order chi connectivity index (χ1) is 14.4. The Kier molecular flexibility index (Phi) is 4.80. The van der Waals surface area contributed by atoms with Crippen molar-refractivity contribution in [1.29, 1.82) is 0 Å². The van der Waals surface area contributed by atoms with Crippen molar-refractivity contribution < 1.29 is 19.1 Å². The molecule has 1 aromatic carbocycles. The smallest absolute Gasteiger partial charge is 0.321 e. The lowest BCUT2D eigenvalue weighted by molar-refractivity contribution is -0.150. The Labute approximate surface area is 181 Å². The topological polar surface area (TPSA) is 84.5 Å². The summed E-state index contributed by atoms with van der Waals surface area (Å²) in [6.07, 6.45) is 8.26.